The Bertz CT molecular complexity index is 98.9. The third kappa shape index (κ3) is 3.58. The third-order valence-electron chi connectivity index (χ3n) is 0.826. The lowest BCUT2D eigenvalue weighted by Gasteiger charge is -1.93. The topological polar surface area (TPSA) is 51.2 Å². The molecule has 0 aliphatic heterocycles. The highest BCUT2D eigenvalue weighted by Gasteiger charge is 2.06. The molecular formula is C6H5O3. The molecule has 0 amide bonds. The molecule has 0 saturated carbocycles. The van der Waals surface area contributed by atoms with Gasteiger partial charge in [-0.3, -0.25) is 14.4 Å². The Balaban J connectivity index is 3.51. The van der Waals surface area contributed by atoms with E-state index in [0.29, 0.717) is 0 Å². The van der Waals surface area contributed by atoms with Crippen molar-refractivity contribution in [3.8, 4) is 0 Å². The van der Waals surface area contributed by atoms with Gasteiger partial charge in [0, 0.05) is 18.8 Å². The van der Waals surface area contributed by atoms with Gasteiger partial charge < -0.3 is 0 Å². The van der Waals surface area contributed by atoms with Crippen LogP contribution in [0.4, 0.5) is 0 Å². The van der Waals surface area contributed by atoms with E-state index in [0.717, 1.165) is 0 Å². The summed E-state index contributed by atoms with van der Waals surface area (Å²) < 4.78 is 0. The molecule has 0 N–H and O–H groups in total. The summed E-state index contributed by atoms with van der Waals surface area (Å²) >= 11 is 0. The largest absolute Gasteiger partial charge is 0.291 e. The molecule has 47 valence electrons. The van der Waals surface area contributed by atoms with Crippen molar-refractivity contribution in [1.29, 1.82) is 0 Å². The Morgan fingerprint density at radius 2 is 1.44 bits per heavy atom. The first-order valence-electron chi connectivity index (χ1n) is 2.42. The molecule has 0 aliphatic rings. The van der Waals surface area contributed by atoms with Gasteiger partial charge in [0.2, 0.25) is 6.29 Å². The summed E-state index contributed by atoms with van der Waals surface area (Å²) in [6.07, 6.45) is 4.44. The molecule has 0 rings (SSSR count). The van der Waals surface area contributed by atoms with E-state index >= 15 is 0 Å². The summed E-state index contributed by atoms with van der Waals surface area (Å²) in [5.74, 6) is -0.639. The van der Waals surface area contributed by atoms with Gasteiger partial charge in [0.15, 0.2) is 12.6 Å². The highest BCUT2D eigenvalue weighted by Crippen LogP contribution is 1.99. The van der Waals surface area contributed by atoms with Crippen LogP contribution in [-0.4, -0.2) is 18.9 Å². The molecule has 0 atom stereocenters. The quantitative estimate of drug-likeness (QED) is 0.507. The van der Waals surface area contributed by atoms with Gasteiger partial charge >= 0.3 is 0 Å². The van der Waals surface area contributed by atoms with Gasteiger partial charge in [-0.1, -0.05) is 0 Å². The average molecular weight is 125 g/mol. The van der Waals surface area contributed by atoms with E-state index in [4.69, 9.17) is 0 Å². The van der Waals surface area contributed by atoms with Crippen molar-refractivity contribution in [2.45, 2.75) is 12.8 Å². The summed E-state index contributed by atoms with van der Waals surface area (Å²) in [6, 6.07) is 0. The van der Waals surface area contributed by atoms with Crippen LogP contribution < -0.4 is 0 Å². The summed E-state index contributed by atoms with van der Waals surface area (Å²) in [7, 11) is 0. The molecule has 9 heavy (non-hydrogen) atoms. The van der Waals surface area contributed by atoms with Crippen molar-refractivity contribution in [2.24, 2.45) is 5.92 Å². The Morgan fingerprint density at radius 1 is 1.00 bits per heavy atom. The van der Waals surface area contributed by atoms with Gasteiger partial charge in [-0.15, -0.1) is 0 Å². The summed E-state index contributed by atoms with van der Waals surface area (Å²) in [6.45, 7) is 0. The first kappa shape index (κ1) is 8.01. The van der Waals surface area contributed by atoms with E-state index in [9.17, 15) is 14.4 Å². The Morgan fingerprint density at radius 3 is 1.67 bits per heavy atom. The lowest BCUT2D eigenvalue weighted by molar-refractivity contribution is 0.501. The van der Waals surface area contributed by atoms with Crippen LogP contribution in [0.2, 0.25) is 0 Å². The van der Waals surface area contributed by atoms with Crippen LogP contribution in [0, 0.1) is 5.92 Å². The first-order valence-corrected chi connectivity index (χ1v) is 2.42. The second-order valence-corrected chi connectivity index (χ2v) is 1.51. The van der Waals surface area contributed by atoms with E-state index in [-0.39, 0.29) is 12.8 Å². The summed E-state index contributed by atoms with van der Waals surface area (Å²) in [4.78, 5) is 29.0. The van der Waals surface area contributed by atoms with E-state index in [1.165, 1.54) is 18.9 Å². The van der Waals surface area contributed by atoms with Crippen LogP contribution in [-0.2, 0) is 14.4 Å². The molecule has 0 aromatic rings. The maximum atomic E-state index is 9.80. The zero-order valence-corrected chi connectivity index (χ0v) is 4.72. The fourth-order valence-corrected chi connectivity index (χ4v) is 0.357. The van der Waals surface area contributed by atoms with Crippen molar-refractivity contribution < 1.29 is 14.4 Å². The van der Waals surface area contributed by atoms with Crippen LogP contribution >= 0.6 is 0 Å². The molecule has 0 aromatic carbocycles. The van der Waals surface area contributed by atoms with Crippen molar-refractivity contribution in [3.05, 3.63) is 0 Å². The van der Waals surface area contributed by atoms with E-state index in [1.807, 2.05) is 0 Å². The van der Waals surface area contributed by atoms with Crippen molar-refractivity contribution in [3.63, 3.8) is 0 Å². The maximum Gasteiger partial charge on any atom is 0.202 e. The minimum absolute atomic E-state index is 0.0568. The van der Waals surface area contributed by atoms with Gasteiger partial charge in [-0.25, -0.2) is 0 Å². The maximum absolute atomic E-state index is 9.80. The van der Waals surface area contributed by atoms with Gasteiger partial charge in [-0.05, 0) is 0 Å². The van der Waals surface area contributed by atoms with Crippen LogP contribution in [0.15, 0.2) is 0 Å². The van der Waals surface area contributed by atoms with E-state index in [2.05, 4.69) is 0 Å². The number of rotatable bonds is 5. The Hall–Kier alpha value is -0.990. The number of carbonyl (C=O) groups excluding carboxylic acids is 3. The van der Waals surface area contributed by atoms with E-state index in [1.54, 1.807) is 0 Å². The Labute approximate surface area is 53.0 Å². The fourth-order valence-electron chi connectivity index (χ4n) is 0.357. The van der Waals surface area contributed by atoms with Crippen molar-refractivity contribution >= 4 is 18.9 Å². The standard InChI is InChI=1S/C6H5O3/c7-3-1-6(5-9)2-4-8/h6H,1-2H2. The Kier molecular flexibility index (Phi) is 4.59. The molecule has 0 unspecified atom stereocenters. The normalized spacial score (nSPS) is 9.00. The molecular weight excluding hydrogens is 120 g/mol. The smallest absolute Gasteiger partial charge is 0.202 e. The molecule has 0 saturated heterocycles. The monoisotopic (exact) mass is 125 g/mol. The zero-order valence-electron chi connectivity index (χ0n) is 4.72. The van der Waals surface area contributed by atoms with Gasteiger partial charge in [0.05, 0.1) is 0 Å². The van der Waals surface area contributed by atoms with Crippen LogP contribution in [0.1, 0.15) is 12.8 Å². The van der Waals surface area contributed by atoms with Crippen LogP contribution in [0.3, 0.4) is 0 Å². The molecule has 0 aromatic heterocycles. The highest BCUT2D eigenvalue weighted by atomic mass is 16.1. The highest BCUT2D eigenvalue weighted by molar-refractivity contribution is 5.67. The van der Waals surface area contributed by atoms with E-state index < -0.39 is 5.92 Å². The minimum Gasteiger partial charge on any atom is -0.291 e. The summed E-state index contributed by atoms with van der Waals surface area (Å²) in [5.41, 5.74) is 0. The lowest BCUT2D eigenvalue weighted by atomic mass is 10.1. The zero-order chi connectivity index (χ0) is 7.11. The lowest BCUT2D eigenvalue weighted by Crippen LogP contribution is -2.02. The molecule has 3 nitrogen and oxygen atoms in total. The molecule has 3 radical (unpaired) electrons. The van der Waals surface area contributed by atoms with Gasteiger partial charge in [0.1, 0.15) is 0 Å². The van der Waals surface area contributed by atoms with Crippen LogP contribution in [0.5, 0.6) is 0 Å². The van der Waals surface area contributed by atoms with Crippen molar-refractivity contribution in [1.82, 2.24) is 0 Å². The predicted octanol–water partition coefficient (Wildman–Crippen LogP) is -0.288. The predicted molar refractivity (Wildman–Crippen MR) is 29.8 cm³/mol. The van der Waals surface area contributed by atoms with Crippen molar-refractivity contribution in [2.75, 3.05) is 0 Å². The number of hydrogen-bond acceptors (Lipinski definition) is 3. The molecule has 0 fully saturated rings. The number of hydrogen-bond donors (Lipinski definition) is 0. The second kappa shape index (κ2) is 5.15. The second-order valence-electron chi connectivity index (χ2n) is 1.51. The van der Waals surface area contributed by atoms with Gasteiger partial charge in [-0.2, -0.15) is 0 Å². The minimum atomic E-state index is -0.639. The average Bonchev–Trinajstić information content (AvgIpc) is 1.88. The third-order valence-corrected chi connectivity index (χ3v) is 0.826. The first-order chi connectivity index (χ1) is 4.35. The fraction of sp³-hybridized carbons (Fsp3) is 0.500. The SMILES string of the molecule is O=[C]CC([C]=O)C[C]=O. The van der Waals surface area contributed by atoms with Crippen LogP contribution in [0.25, 0.3) is 0 Å². The van der Waals surface area contributed by atoms with Gasteiger partial charge in [0.25, 0.3) is 0 Å². The summed E-state index contributed by atoms with van der Waals surface area (Å²) in [5, 5.41) is 0. The molecule has 0 bridgehead atoms. The molecule has 3 heteroatoms. The molecule has 0 aliphatic carbocycles. The molecule has 0 heterocycles. The molecule has 0 spiro atoms.